The monoisotopic (exact) mass is 795 g/mol. The van der Waals surface area contributed by atoms with E-state index < -0.39 is 6.29 Å². The van der Waals surface area contributed by atoms with Crippen molar-refractivity contribution in [1.82, 2.24) is 14.5 Å². The molecular formula is C57H41N5. The number of benzene rings is 8. The third-order valence-corrected chi connectivity index (χ3v) is 12.5. The summed E-state index contributed by atoms with van der Waals surface area (Å²) in [5.41, 5.74) is 13.8. The maximum Gasteiger partial charge on any atom is 0.204 e. The van der Waals surface area contributed by atoms with Crippen LogP contribution in [0.4, 0.5) is 0 Å². The average Bonchev–Trinajstić information content (AvgIpc) is 3.88. The number of fused-ring (bicyclic) bond motifs is 7. The van der Waals surface area contributed by atoms with Crippen LogP contribution in [0.3, 0.4) is 0 Å². The van der Waals surface area contributed by atoms with Crippen molar-refractivity contribution in [3.8, 4) is 27.9 Å². The largest absolute Gasteiger partial charge is 0.331 e. The zero-order valence-corrected chi connectivity index (χ0v) is 33.9. The van der Waals surface area contributed by atoms with Crippen molar-refractivity contribution in [1.29, 1.82) is 0 Å². The van der Waals surface area contributed by atoms with Crippen LogP contribution < -0.4 is 5.32 Å². The van der Waals surface area contributed by atoms with Gasteiger partial charge in [-0.05, 0) is 64.6 Å². The van der Waals surface area contributed by atoms with E-state index in [-0.39, 0.29) is 5.92 Å². The standard InChI is InChI=1S/C57H41N5/c1-5-17-38(18-6-1)40-29-31-43(32-30-40)56-58-55(42-23-11-4-12-24-42)59-57(60-56)62-50-28-16-14-26-47(50)53-52(62)36-34-46-45-25-13-15-27-49(45)61(54(46)53)51-35-33-44(39-19-7-2-8-20-39)37-48(51)41-21-9-3-10-22-41/h1-21,23-37,41,57H,22H2,(H,58,59,60). The van der Waals surface area contributed by atoms with Crippen LogP contribution in [0.2, 0.25) is 0 Å². The lowest BCUT2D eigenvalue weighted by molar-refractivity contribution is 0.516. The van der Waals surface area contributed by atoms with Gasteiger partial charge in [-0.2, -0.15) is 0 Å². The average molecular weight is 796 g/mol. The molecule has 2 unspecified atom stereocenters. The maximum atomic E-state index is 5.45. The molecule has 5 nitrogen and oxygen atoms in total. The van der Waals surface area contributed by atoms with Gasteiger partial charge in [0.15, 0.2) is 5.84 Å². The van der Waals surface area contributed by atoms with Crippen molar-refractivity contribution >= 4 is 55.3 Å². The predicted octanol–water partition coefficient (Wildman–Crippen LogP) is 13.8. The van der Waals surface area contributed by atoms with Gasteiger partial charge in [-0.1, -0.05) is 188 Å². The molecule has 0 radical (unpaired) electrons. The van der Waals surface area contributed by atoms with E-state index in [1.54, 1.807) is 0 Å². The van der Waals surface area contributed by atoms with Gasteiger partial charge in [-0.25, -0.2) is 9.98 Å². The molecule has 0 spiro atoms. The fraction of sp³-hybridized carbons (Fsp3) is 0.0526. The first kappa shape index (κ1) is 35.9. The quantitative estimate of drug-likeness (QED) is 0.172. The predicted molar refractivity (Wildman–Crippen MR) is 258 cm³/mol. The van der Waals surface area contributed by atoms with Gasteiger partial charge in [0.2, 0.25) is 6.29 Å². The number of aromatic nitrogens is 2. The van der Waals surface area contributed by atoms with Crippen LogP contribution in [-0.4, -0.2) is 20.8 Å². The molecule has 0 amide bonds. The molecule has 1 aliphatic carbocycles. The summed E-state index contributed by atoms with van der Waals surface area (Å²) in [6, 6.07) is 69.5. The SMILES string of the molecule is C1=CCC(c2cc(-c3ccccc3)ccc2-n2c3ccccc3c3ccc4c(c5ccccc5n4C4N=C(c5ccc(-c6ccccc6)cc5)N=C(c5ccccc5)N4)c32)C=C1. The molecule has 1 aliphatic heterocycles. The lowest BCUT2D eigenvalue weighted by Crippen LogP contribution is -2.36. The lowest BCUT2D eigenvalue weighted by atomic mass is 9.88. The molecule has 2 aromatic heterocycles. The van der Waals surface area contributed by atoms with E-state index in [1.807, 2.05) is 12.1 Å². The highest BCUT2D eigenvalue weighted by Crippen LogP contribution is 2.44. The van der Waals surface area contributed by atoms with Crippen LogP contribution in [0.15, 0.2) is 228 Å². The fourth-order valence-corrected chi connectivity index (χ4v) is 9.61. The van der Waals surface area contributed by atoms with Crippen molar-refractivity contribution in [2.75, 3.05) is 0 Å². The van der Waals surface area contributed by atoms with Crippen LogP contribution in [0.5, 0.6) is 0 Å². The Hall–Kier alpha value is -8.02. The highest BCUT2D eigenvalue weighted by Gasteiger charge is 2.28. The summed E-state index contributed by atoms with van der Waals surface area (Å²) in [6.07, 6.45) is 9.47. The molecule has 0 saturated carbocycles. The Labute approximate surface area is 360 Å². The second-order valence-corrected chi connectivity index (χ2v) is 16.1. The van der Waals surface area contributed by atoms with Crippen molar-refractivity contribution in [2.24, 2.45) is 9.98 Å². The van der Waals surface area contributed by atoms with Gasteiger partial charge < -0.3 is 14.5 Å². The number of rotatable bonds is 7. The van der Waals surface area contributed by atoms with E-state index in [4.69, 9.17) is 9.98 Å². The zero-order valence-electron chi connectivity index (χ0n) is 33.9. The number of hydrogen-bond acceptors (Lipinski definition) is 3. The normalized spacial score (nSPS) is 16.2. The molecule has 5 heteroatoms. The van der Waals surface area contributed by atoms with Gasteiger partial charge in [0.05, 0.1) is 27.8 Å². The number of aliphatic imine (C=N–C) groups is 2. The Morgan fingerprint density at radius 2 is 1.10 bits per heavy atom. The summed E-state index contributed by atoms with van der Waals surface area (Å²) in [4.78, 5) is 10.6. The Morgan fingerprint density at radius 1 is 0.484 bits per heavy atom. The molecule has 0 fully saturated rings. The van der Waals surface area contributed by atoms with Gasteiger partial charge in [0.1, 0.15) is 5.84 Å². The van der Waals surface area contributed by atoms with E-state index >= 15 is 0 Å². The number of nitrogens with zero attached hydrogens (tertiary/aromatic N) is 4. The molecule has 2 aliphatic rings. The lowest BCUT2D eigenvalue weighted by Gasteiger charge is -2.26. The Morgan fingerprint density at radius 3 is 1.82 bits per heavy atom. The third-order valence-electron chi connectivity index (χ3n) is 12.5. The second-order valence-electron chi connectivity index (χ2n) is 16.1. The van der Waals surface area contributed by atoms with Gasteiger partial charge in [-0.3, -0.25) is 0 Å². The Balaban J connectivity index is 1.10. The first-order valence-corrected chi connectivity index (χ1v) is 21.4. The second kappa shape index (κ2) is 14.9. The van der Waals surface area contributed by atoms with Crippen LogP contribution in [0.1, 0.15) is 35.3 Å². The number of hydrogen-bond donors (Lipinski definition) is 1. The van der Waals surface area contributed by atoms with E-state index in [0.717, 1.165) is 40.0 Å². The van der Waals surface area contributed by atoms with E-state index in [9.17, 15) is 0 Å². The minimum atomic E-state index is -0.482. The highest BCUT2D eigenvalue weighted by atomic mass is 15.3. The molecular weight excluding hydrogens is 755 g/mol. The first-order valence-electron chi connectivity index (χ1n) is 21.4. The molecule has 3 heterocycles. The molecule has 1 N–H and O–H groups in total. The van der Waals surface area contributed by atoms with Crippen molar-refractivity contribution in [2.45, 2.75) is 18.6 Å². The molecule has 10 aromatic rings. The number of allylic oxidation sites excluding steroid dienone is 4. The maximum absolute atomic E-state index is 5.45. The van der Waals surface area contributed by atoms with E-state index in [2.05, 4.69) is 221 Å². The summed E-state index contributed by atoms with van der Waals surface area (Å²) in [6.45, 7) is 0. The van der Waals surface area contributed by atoms with E-state index in [1.165, 1.54) is 60.5 Å². The topological polar surface area (TPSA) is 46.6 Å². The summed E-state index contributed by atoms with van der Waals surface area (Å²) in [5, 5.41) is 8.61. The molecule has 0 saturated heterocycles. The fourth-order valence-electron chi connectivity index (χ4n) is 9.61. The minimum absolute atomic E-state index is 0.229. The molecule has 294 valence electrons. The van der Waals surface area contributed by atoms with Crippen molar-refractivity contribution < 1.29 is 0 Å². The van der Waals surface area contributed by atoms with Crippen LogP contribution >= 0.6 is 0 Å². The summed E-state index contributed by atoms with van der Waals surface area (Å²) < 4.78 is 4.91. The number of nitrogens with one attached hydrogen (secondary N) is 1. The van der Waals surface area contributed by atoms with Crippen LogP contribution in [0.25, 0.3) is 71.6 Å². The van der Waals surface area contributed by atoms with Gasteiger partial charge in [-0.15, -0.1) is 0 Å². The summed E-state index contributed by atoms with van der Waals surface area (Å²) >= 11 is 0. The van der Waals surface area contributed by atoms with Gasteiger partial charge >= 0.3 is 0 Å². The molecule has 8 aromatic carbocycles. The van der Waals surface area contributed by atoms with Gasteiger partial charge in [0.25, 0.3) is 0 Å². The van der Waals surface area contributed by atoms with E-state index in [0.29, 0.717) is 5.84 Å². The highest BCUT2D eigenvalue weighted by molar-refractivity contribution is 6.26. The van der Waals surface area contributed by atoms with Crippen LogP contribution in [-0.2, 0) is 0 Å². The third kappa shape index (κ3) is 6.01. The van der Waals surface area contributed by atoms with Crippen LogP contribution in [0, 0.1) is 0 Å². The molecule has 0 bridgehead atoms. The zero-order chi connectivity index (χ0) is 41.0. The van der Waals surface area contributed by atoms with Crippen molar-refractivity contribution in [3.63, 3.8) is 0 Å². The number of para-hydroxylation sites is 2. The molecule has 2 atom stereocenters. The van der Waals surface area contributed by atoms with Crippen molar-refractivity contribution in [3.05, 3.63) is 235 Å². The summed E-state index contributed by atoms with van der Waals surface area (Å²) in [7, 11) is 0. The molecule has 62 heavy (non-hydrogen) atoms. The molecule has 12 rings (SSSR count). The number of amidine groups is 2. The first-order chi connectivity index (χ1) is 30.8. The minimum Gasteiger partial charge on any atom is -0.331 e. The smallest absolute Gasteiger partial charge is 0.204 e. The Bertz CT molecular complexity index is 3440. The van der Waals surface area contributed by atoms with Gasteiger partial charge in [0, 0.05) is 38.6 Å². The Kier molecular flexibility index (Phi) is 8.63. The summed E-state index contributed by atoms with van der Waals surface area (Å²) in [5.74, 6) is 1.70.